The summed E-state index contributed by atoms with van der Waals surface area (Å²) < 4.78 is 6.46. The molecular formula is C21H33N5O4. The van der Waals surface area contributed by atoms with Gasteiger partial charge in [-0.15, -0.1) is 0 Å². The maximum Gasteiger partial charge on any atom is 0.343 e. The summed E-state index contributed by atoms with van der Waals surface area (Å²) in [5, 5.41) is 10.0. The molecule has 2 aliphatic rings. The molecule has 1 atom stereocenters. The number of carbonyl (C=O) groups is 3. The molecule has 1 aliphatic heterocycles. The van der Waals surface area contributed by atoms with Crippen LogP contribution < -0.4 is 10.6 Å². The van der Waals surface area contributed by atoms with E-state index in [0.717, 1.165) is 32.2 Å². The third kappa shape index (κ3) is 5.81. The molecule has 0 radical (unpaired) electrons. The van der Waals surface area contributed by atoms with E-state index in [-0.39, 0.29) is 36.4 Å². The van der Waals surface area contributed by atoms with E-state index in [1.165, 1.54) is 30.1 Å². The van der Waals surface area contributed by atoms with Gasteiger partial charge in [-0.1, -0.05) is 19.3 Å². The van der Waals surface area contributed by atoms with Crippen LogP contribution in [-0.4, -0.2) is 64.7 Å². The lowest BCUT2D eigenvalue weighted by atomic mass is 9.93. The molecule has 166 valence electrons. The van der Waals surface area contributed by atoms with Gasteiger partial charge in [-0.3, -0.25) is 19.2 Å². The molecule has 1 aliphatic carbocycles. The number of rotatable bonds is 7. The predicted molar refractivity (Wildman–Crippen MR) is 112 cm³/mol. The van der Waals surface area contributed by atoms with Crippen LogP contribution in [0.15, 0.2) is 6.20 Å². The zero-order chi connectivity index (χ0) is 21.5. The van der Waals surface area contributed by atoms with Gasteiger partial charge in [0.2, 0.25) is 11.8 Å². The number of piperidine rings is 1. The van der Waals surface area contributed by atoms with E-state index in [0.29, 0.717) is 18.4 Å². The summed E-state index contributed by atoms with van der Waals surface area (Å²) in [6.45, 7) is 3.49. The largest absolute Gasteiger partial charge is 0.462 e. The van der Waals surface area contributed by atoms with E-state index in [4.69, 9.17) is 4.74 Å². The summed E-state index contributed by atoms with van der Waals surface area (Å²) in [7, 11) is 1.66. The lowest BCUT2D eigenvalue weighted by Crippen LogP contribution is -2.48. The van der Waals surface area contributed by atoms with Crippen molar-refractivity contribution in [2.24, 2.45) is 13.0 Å². The van der Waals surface area contributed by atoms with E-state index in [1.807, 2.05) is 4.90 Å². The molecule has 30 heavy (non-hydrogen) atoms. The SMILES string of the molecule is CCOC(=O)c1cnn(C)c1NC(=O)CN1CCCC(C(=O)NC2CCCCC2)C1. The summed E-state index contributed by atoms with van der Waals surface area (Å²) in [5.41, 5.74) is 0.232. The Balaban J connectivity index is 1.52. The average Bonchev–Trinajstić information content (AvgIpc) is 3.09. The van der Waals surface area contributed by atoms with Gasteiger partial charge in [-0.05, 0) is 39.2 Å². The number of esters is 1. The van der Waals surface area contributed by atoms with Gasteiger partial charge in [-0.25, -0.2) is 4.79 Å². The summed E-state index contributed by atoms with van der Waals surface area (Å²) in [4.78, 5) is 39.3. The molecule has 2 N–H and O–H groups in total. The number of likely N-dealkylation sites (tertiary alicyclic amines) is 1. The first-order valence-electron chi connectivity index (χ1n) is 11.0. The van der Waals surface area contributed by atoms with E-state index >= 15 is 0 Å². The average molecular weight is 420 g/mol. The van der Waals surface area contributed by atoms with Crippen LogP contribution in [0.3, 0.4) is 0 Å². The Labute approximate surface area is 177 Å². The second kappa shape index (κ2) is 10.6. The molecule has 3 rings (SSSR count). The van der Waals surface area contributed by atoms with Crippen molar-refractivity contribution < 1.29 is 19.1 Å². The van der Waals surface area contributed by atoms with Gasteiger partial charge >= 0.3 is 5.97 Å². The van der Waals surface area contributed by atoms with Gasteiger partial charge in [0.25, 0.3) is 0 Å². The molecule has 9 nitrogen and oxygen atoms in total. The molecule has 0 bridgehead atoms. The van der Waals surface area contributed by atoms with Crippen molar-refractivity contribution in [2.45, 2.75) is 57.9 Å². The Kier molecular flexibility index (Phi) is 7.84. The number of hydrogen-bond acceptors (Lipinski definition) is 6. The van der Waals surface area contributed by atoms with Crippen molar-refractivity contribution in [3.8, 4) is 0 Å². The standard InChI is InChI=1S/C21H33N5O4/c1-3-30-21(29)17-12-22-25(2)19(17)24-18(27)14-26-11-7-8-15(13-26)20(28)23-16-9-5-4-6-10-16/h12,15-16H,3-11,13-14H2,1-2H3,(H,23,28)(H,24,27). The Morgan fingerprint density at radius 2 is 1.93 bits per heavy atom. The highest BCUT2D eigenvalue weighted by atomic mass is 16.5. The second-order valence-electron chi connectivity index (χ2n) is 8.22. The van der Waals surface area contributed by atoms with Crippen LogP contribution in [0.1, 0.15) is 62.2 Å². The minimum Gasteiger partial charge on any atom is -0.462 e. The highest BCUT2D eigenvalue weighted by molar-refractivity contribution is 6.00. The molecule has 1 saturated carbocycles. The van der Waals surface area contributed by atoms with Crippen LogP contribution in [0, 0.1) is 5.92 Å². The second-order valence-corrected chi connectivity index (χ2v) is 8.22. The Morgan fingerprint density at radius 3 is 2.67 bits per heavy atom. The van der Waals surface area contributed by atoms with Crippen LogP contribution in [0.4, 0.5) is 5.82 Å². The van der Waals surface area contributed by atoms with Gasteiger partial charge in [0.15, 0.2) is 0 Å². The number of aryl methyl sites for hydroxylation is 1. The zero-order valence-electron chi connectivity index (χ0n) is 18.0. The molecular weight excluding hydrogens is 386 g/mol. The van der Waals surface area contributed by atoms with Crippen molar-refractivity contribution in [1.29, 1.82) is 0 Å². The predicted octanol–water partition coefficient (Wildman–Crippen LogP) is 1.70. The summed E-state index contributed by atoms with van der Waals surface area (Å²) in [6.07, 6.45) is 8.89. The van der Waals surface area contributed by atoms with Crippen LogP contribution in [-0.2, 0) is 21.4 Å². The van der Waals surface area contributed by atoms with Crippen molar-refractivity contribution in [1.82, 2.24) is 20.0 Å². The number of carbonyl (C=O) groups excluding carboxylic acids is 3. The van der Waals surface area contributed by atoms with E-state index < -0.39 is 5.97 Å². The maximum atomic E-state index is 12.7. The fourth-order valence-corrected chi connectivity index (χ4v) is 4.30. The Hall–Kier alpha value is -2.42. The normalized spacial score (nSPS) is 20.5. The number of ether oxygens (including phenoxy) is 1. The summed E-state index contributed by atoms with van der Waals surface area (Å²) in [6, 6.07) is 0.302. The molecule has 1 unspecified atom stereocenters. The summed E-state index contributed by atoms with van der Waals surface area (Å²) in [5.74, 6) is -0.402. The van der Waals surface area contributed by atoms with E-state index in [1.54, 1.807) is 14.0 Å². The molecule has 0 aromatic carbocycles. The van der Waals surface area contributed by atoms with E-state index in [2.05, 4.69) is 15.7 Å². The van der Waals surface area contributed by atoms with Gasteiger partial charge < -0.3 is 15.4 Å². The lowest BCUT2D eigenvalue weighted by molar-refractivity contribution is -0.128. The molecule has 0 spiro atoms. The zero-order valence-corrected chi connectivity index (χ0v) is 18.0. The molecule has 2 heterocycles. The Morgan fingerprint density at radius 1 is 1.17 bits per heavy atom. The smallest absolute Gasteiger partial charge is 0.343 e. The minimum atomic E-state index is -0.515. The lowest BCUT2D eigenvalue weighted by Gasteiger charge is -2.33. The van der Waals surface area contributed by atoms with Gasteiger partial charge in [0.1, 0.15) is 11.4 Å². The first-order valence-corrected chi connectivity index (χ1v) is 11.0. The van der Waals surface area contributed by atoms with Crippen LogP contribution in [0.25, 0.3) is 0 Å². The highest BCUT2D eigenvalue weighted by Gasteiger charge is 2.29. The van der Waals surface area contributed by atoms with Crippen molar-refractivity contribution in [3.63, 3.8) is 0 Å². The fraction of sp³-hybridized carbons (Fsp3) is 0.714. The molecule has 9 heteroatoms. The molecule has 2 amide bonds. The quantitative estimate of drug-likeness (QED) is 0.652. The third-order valence-electron chi connectivity index (χ3n) is 5.89. The molecule has 1 aromatic rings. The van der Waals surface area contributed by atoms with Crippen molar-refractivity contribution in [3.05, 3.63) is 11.8 Å². The van der Waals surface area contributed by atoms with Gasteiger partial charge in [0, 0.05) is 19.6 Å². The van der Waals surface area contributed by atoms with Crippen LogP contribution >= 0.6 is 0 Å². The Bertz CT molecular complexity index is 757. The van der Waals surface area contributed by atoms with Crippen molar-refractivity contribution in [2.75, 3.05) is 31.6 Å². The monoisotopic (exact) mass is 419 g/mol. The molecule has 1 saturated heterocycles. The van der Waals surface area contributed by atoms with E-state index in [9.17, 15) is 14.4 Å². The first-order chi connectivity index (χ1) is 14.5. The highest BCUT2D eigenvalue weighted by Crippen LogP contribution is 2.21. The molecule has 1 aromatic heterocycles. The number of nitrogens with one attached hydrogen (secondary N) is 2. The number of aromatic nitrogens is 2. The first kappa shape index (κ1) is 22.3. The number of hydrogen-bond donors (Lipinski definition) is 2. The minimum absolute atomic E-state index is 0.0831. The topological polar surface area (TPSA) is 106 Å². The summed E-state index contributed by atoms with van der Waals surface area (Å²) >= 11 is 0. The number of nitrogens with zero attached hydrogens (tertiary/aromatic N) is 3. The number of amides is 2. The van der Waals surface area contributed by atoms with Crippen LogP contribution in [0.5, 0.6) is 0 Å². The number of anilines is 1. The van der Waals surface area contributed by atoms with Gasteiger partial charge in [-0.2, -0.15) is 5.10 Å². The van der Waals surface area contributed by atoms with Crippen molar-refractivity contribution >= 4 is 23.6 Å². The van der Waals surface area contributed by atoms with Gasteiger partial charge in [0.05, 0.1) is 25.3 Å². The fourth-order valence-electron chi connectivity index (χ4n) is 4.30. The van der Waals surface area contributed by atoms with Crippen LogP contribution in [0.2, 0.25) is 0 Å². The molecule has 2 fully saturated rings. The maximum absolute atomic E-state index is 12.7. The third-order valence-corrected chi connectivity index (χ3v) is 5.89.